The van der Waals surface area contributed by atoms with Crippen molar-refractivity contribution in [3.8, 4) is 11.5 Å². The van der Waals surface area contributed by atoms with Crippen molar-refractivity contribution in [2.24, 2.45) is 0 Å². The van der Waals surface area contributed by atoms with Gasteiger partial charge in [0.2, 0.25) is 0 Å². The standard InChI is InChI=1S/C12H16O7S/c1-10(13)18-19-12-6-3-5-11(9-12)16-7-4-8-17-20(2,14)15/h3,5-6,9H,4,7-8H2,1-2H3. The molecule has 8 heteroatoms. The van der Waals surface area contributed by atoms with Crippen molar-refractivity contribution in [3.05, 3.63) is 24.3 Å². The Balaban J connectivity index is 2.33. The van der Waals surface area contributed by atoms with Gasteiger partial charge in [0.15, 0.2) is 5.75 Å². The van der Waals surface area contributed by atoms with Gasteiger partial charge in [-0.2, -0.15) is 8.42 Å². The van der Waals surface area contributed by atoms with Crippen molar-refractivity contribution < 1.29 is 31.9 Å². The van der Waals surface area contributed by atoms with Crippen molar-refractivity contribution in [2.45, 2.75) is 13.3 Å². The zero-order valence-electron chi connectivity index (χ0n) is 11.2. The van der Waals surface area contributed by atoms with Gasteiger partial charge in [-0.1, -0.05) is 6.07 Å². The van der Waals surface area contributed by atoms with Crippen LogP contribution in [-0.2, 0) is 24.0 Å². The predicted octanol–water partition coefficient (Wildman–Crippen LogP) is 1.29. The second-order valence-electron chi connectivity index (χ2n) is 3.86. The average molecular weight is 304 g/mol. The molecule has 0 bridgehead atoms. The van der Waals surface area contributed by atoms with E-state index >= 15 is 0 Å². The number of carbonyl (C=O) groups excluding carboxylic acids is 1. The Hall–Kier alpha value is -1.80. The van der Waals surface area contributed by atoms with E-state index in [2.05, 4.69) is 9.07 Å². The van der Waals surface area contributed by atoms with Crippen LogP contribution < -0.4 is 9.62 Å². The fourth-order valence-corrected chi connectivity index (χ4v) is 1.60. The molecular formula is C12H16O7S. The molecule has 0 amide bonds. The summed E-state index contributed by atoms with van der Waals surface area (Å²) in [5.74, 6) is 0.272. The van der Waals surface area contributed by atoms with Crippen LogP contribution in [-0.4, -0.2) is 33.9 Å². The van der Waals surface area contributed by atoms with Gasteiger partial charge < -0.3 is 4.74 Å². The molecule has 0 spiro atoms. The lowest BCUT2D eigenvalue weighted by Crippen LogP contribution is -2.08. The third kappa shape index (κ3) is 7.59. The summed E-state index contributed by atoms with van der Waals surface area (Å²) in [5.41, 5.74) is 0. The molecule has 1 rings (SSSR count). The van der Waals surface area contributed by atoms with Gasteiger partial charge in [-0.05, 0) is 12.1 Å². The van der Waals surface area contributed by atoms with Crippen LogP contribution in [0.4, 0.5) is 0 Å². The summed E-state index contributed by atoms with van der Waals surface area (Å²) in [6.45, 7) is 1.57. The zero-order valence-corrected chi connectivity index (χ0v) is 12.0. The van der Waals surface area contributed by atoms with Crippen LogP contribution in [0, 0.1) is 0 Å². The summed E-state index contributed by atoms with van der Waals surface area (Å²) in [5, 5.41) is 0. The van der Waals surface area contributed by atoms with E-state index in [0.29, 0.717) is 17.9 Å². The molecule has 112 valence electrons. The van der Waals surface area contributed by atoms with E-state index in [1.165, 1.54) is 6.92 Å². The second kappa shape index (κ2) is 7.71. The number of hydrogen-bond donors (Lipinski definition) is 0. The normalized spacial score (nSPS) is 10.9. The number of rotatable bonds is 8. The van der Waals surface area contributed by atoms with Crippen molar-refractivity contribution in [3.63, 3.8) is 0 Å². The van der Waals surface area contributed by atoms with Crippen LogP contribution in [0.1, 0.15) is 13.3 Å². The van der Waals surface area contributed by atoms with Gasteiger partial charge in [0, 0.05) is 19.4 Å². The number of carbonyl (C=O) groups is 1. The van der Waals surface area contributed by atoms with Crippen LogP contribution in [0.2, 0.25) is 0 Å². The van der Waals surface area contributed by atoms with Crippen LogP contribution in [0.3, 0.4) is 0 Å². The zero-order chi connectivity index (χ0) is 15.0. The average Bonchev–Trinajstić information content (AvgIpc) is 2.35. The van der Waals surface area contributed by atoms with E-state index in [4.69, 9.17) is 9.62 Å². The molecule has 0 aromatic heterocycles. The van der Waals surface area contributed by atoms with Gasteiger partial charge in [0.1, 0.15) is 5.75 Å². The molecule has 0 radical (unpaired) electrons. The first kappa shape index (κ1) is 16.3. The van der Waals surface area contributed by atoms with E-state index in [0.717, 1.165) is 6.26 Å². The molecule has 0 N–H and O–H groups in total. The number of ether oxygens (including phenoxy) is 1. The van der Waals surface area contributed by atoms with E-state index in [9.17, 15) is 13.2 Å². The lowest BCUT2D eigenvalue weighted by molar-refractivity contribution is -0.210. The van der Waals surface area contributed by atoms with Gasteiger partial charge in [-0.25, -0.2) is 4.79 Å². The van der Waals surface area contributed by atoms with Crippen LogP contribution >= 0.6 is 0 Å². The molecule has 0 fully saturated rings. The molecule has 0 unspecified atom stereocenters. The number of benzene rings is 1. The maximum atomic E-state index is 10.7. The molecular weight excluding hydrogens is 288 g/mol. The Morgan fingerprint density at radius 3 is 2.55 bits per heavy atom. The highest BCUT2D eigenvalue weighted by Crippen LogP contribution is 2.19. The third-order valence-corrected chi connectivity index (χ3v) is 2.51. The monoisotopic (exact) mass is 304 g/mol. The molecule has 1 aromatic rings. The Bertz CT molecular complexity index is 538. The Labute approximate surface area is 117 Å². The van der Waals surface area contributed by atoms with Crippen LogP contribution in [0.15, 0.2) is 24.3 Å². The van der Waals surface area contributed by atoms with Gasteiger partial charge in [0.25, 0.3) is 10.1 Å². The maximum Gasteiger partial charge on any atom is 0.352 e. The van der Waals surface area contributed by atoms with Gasteiger partial charge >= 0.3 is 5.97 Å². The van der Waals surface area contributed by atoms with Crippen molar-refractivity contribution in [1.29, 1.82) is 0 Å². The highest BCUT2D eigenvalue weighted by atomic mass is 32.2. The van der Waals surface area contributed by atoms with E-state index in [1.807, 2.05) is 0 Å². The predicted molar refractivity (Wildman–Crippen MR) is 69.7 cm³/mol. The summed E-state index contributed by atoms with van der Waals surface area (Å²) in [4.78, 5) is 19.7. The topological polar surface area (TPSA) is 88.1 Å². The summed E-state index contributed by atoms with van der Waals surface area (Å²) in [6, 6.07) is 6.50. The maximum absolute atomic E-state index is 10.7. The second-order valence-corrected chi connectivity index (χ2v) is 5.51. The molecule has 7 nitrogen and oxygen atoms in total. The van der Waals surface area contributed by atoms with E-state index in [-0.39, 0.29) is 13.2 Å². The molecule has 0 aliphatic rings. The van der Waals surface area contributed by atoms with Gasteiger partial charge in [0.05, 0.1) is 19.5 Å². The van der Waals surface area contributed by atoms with Crippen molar-refractivity contribution >= 4 is 16.1 Å². The molecule has 0 atom stereocenters. The van der Waals surface area contributed by atoms with E-state index < -0.39 is 16.1 Å². The largest absolute Gasteiger partial charge is 0.493 e. The fourth-order valence-electron chi connectivity index (χ4n) is 1.18. The Kier molecular flexibility index (Phi) is 6.26. The fraction of sp³-hybridized carbons (Fsp3) is 0.417. The third-order valence-electron chi connectivity index (χ3n) is 1.92. The van der Waals surface area contributed by atoms with Crippen LogP contribution in [0.5, 0.6) is 11.5 Å². The molecule has 0 aliphatic heterocycles. The van der Waals surface area contributed by atoms with Gasteiger partial charge in [-0.15, -0.1) is 0 Å². The Morgan fingerprint density at radius 2 is 1.90 bits per heavy atom. The molecule has 0 heterocycles. The first-order valence-corrected chi connectivity index (χ1v) is 7.61. The lowest BCUT2D eigenvalue weighted by Gasteiger charge is -2.07. The Morgan fingerprint density at radius 1 is 1.20 bits per heavy atom. The molecule has 20 heavy (non-hydrogen) atoms. The highest BCUT2D eigenvalue weighted by molar-refractivity contribution is 7.85. The first-order chi connectivity index (χ1) is 9.37. The summed E-state index contributed by atoms with van der Waals surface area (Å²) in [7, 11) is -3.42. The van der Waals surface area contributed by atoms with E-state index in [1.54, 1.807) is 24.3 Å². The first-order valence-electron chi connectivity index (χ1n) is 5.79. The summed E-state index contributed by atoms with van der Waals surface area (Å²) < 4.78 is 31.4. The highest BCUT2D eigenvalue weighted by Gasteiger charge is 2.03. The molecule has 0 saturated heterocycles. The summed E-state index contributed by atoms with van der Waals surface area (Å²) in [6.07, 6.45) is 1.41. The molecule has 1 aromatic carbocycles. The lowest BCUT2D eigenvalue weighted by atomic mass is 10.3. The SMILES string of the molecule is CC(=O)OOc1cccc(OCCCOS(C)(=O)=O)c1. The van der Waals surface area contributed by atoms with Gasteiger partial charge in [-0.3, -0.25) is 14.0 Å². The minimum Gasteiger partial charge on any atom is -0.493 e. The minimum atomic E-state index is -3.42. The molecule has 0 saturated carbocycles. The van der Waals surface area contributed by atoms with Crippen molar-refractivity contribution in [2.75, 3.05) is 19.5 Å². The minimum absolute atomic E-state index is 0.0580. The number of hydrogen-bond acceptors (Lipinski definition) is 7. The van der Waals surface area contributed by atoms with Crippen LogP contribution in [0.25, 0.3) is 0 Å². The quantitative estimate of drug-likeness (QED) is 0.309. The summed E-state index contributed by atoms with van der Waals surface area (Å²) >= 11 is 0. The van der Waals surface area contributed by atoms with Crippen molar-refractivity contribution in [1.82, 2.24) is 0 Å². The smallest absolute Gasteiger partial charge is 0.352 e. The molecule has 0 aliphatic carbocycles.